The number of allylic oxidation sites excluding steroid dienone is 1. The largest absolute Gasteiger partial charge is 0.508 e. The summed E-state index contributed by atoms with van der Waals surface area (Å²) < 4.78 is 0. The van der Waals surface area contributed by atoms with Crippen molar-refractivity contribution < 1.29 is 5.11 Å². The molecule has 1 aromatic heterocycles. The molecule has 1 N–H and O–H groups in total. The number of aryl methyl sites for hydroxylation is 1. The van der Waals surface area contributed by atoms with Crippen molar-refractivity contribution in [3.63, 3.8) is 0 Å². The summed E-state index contributed by atoms with van der Waals surface area (Å²) in [5.74, 6) is 0.208. The van der Waals surface area contributed by atoms with Crippen molar-refractivity contribution in [2.24, 2.45) is 0 Å². The third kappa shape index (κ3) is 4.38. The van der Waals surface area contributed by atoms with Gasteiger partial charge in [-0.1, -0.05) is 49.7 Å². The second-order valence-corrected chi connectivity index (χ2v) is 6.96. The summed E-state index contributed by atoms with van der Waals surface area (Å²) in [6.45, 7) is 2.20. The van der Waals surface area contributed by atoms with Gasteiger partial charge in [0, 0.05) is 10.9 Å². The molecule has 0 aliphatic rings. The van der Waals surface area contributed by atoms with E-state index in [4.69, 9.17) is 0 Å². The molecule has 0 atom stereocenters. The Morgan fingerprint density at radius 3 is 2.54 bits per heavy atom. The Morgan fingerprint density at radius 2 is 1.88 bits per heavy atom. The van der Waals surface area contributed by atoms with Gasteiger partial charge in [0.15, 0.2) is 0 Å². The van der Waals surface area contributed by atoms with Gasteiger partial charge in [0.2, 0.25) is 0 Å². The predicted octanol–water partition coefficient (Wildman–Crippen LogP) is 5.92. The Labute approximate surface area is 157 Å². The van der Waals surface area contributed by atoms with E-state index in [1.165, 1.54) is 29.7 Å². The molecule has 0 aliphatic heterocycles. The van der Waals surface area contributed by atoms with Crippen molar-refractivity contribution in [2.75, 3.05) is 0 Å². The molecule has 1 heterocycles. The van der Waals surface area contributed by atoms with Crippen LogP contribution in [0.15, 0.2) is 53.9 Å². The topological polar surface area (TPSA) is 56.9 Å². The van der Waals surface area contributed by atoms with Crippen molar-refractivity contribution in [1.29, 1.82) is 5.26 Å². The van der Waals surface area contributed by atoms with Crippen LogP contribution in [0.1, 0.15) is 35.9 Å². The first kappa shape index (κ1) is 17.9. The number of nitrogens with zero attached hydrogens (tertiary/aromatic N) is 2. The third-order valence-corrected chi connectivity index (χ3v) is 5.00. The SMILES string of the molecule is CCCCc1ccc(-c2csc(C(C#N)=Cc3ccc(O)cc3)n2)cc1. The summed E-state index contributed by atoms with van der Waals surface area (Å²) in [6.07, 6.45) is 5.29. The smallest absolute Gasteiger partial charge is 0.134 e. The molecule has 0 fully saturated rings. The second-order valence-electron chi connectivity index (χ2n) is 6.10. The zero-order valence-corrected chi connectivity index (χ0v) is 15.5. The molecule has 2 aromatic carbocycles. The van der Waals surface area contributed by atoms with Gasteiger partial charge in [0.05, 0.1) is 11.3 Å². The summed E-state index contributed by atoms with van der Waals surface area (Å²) in [5, 5.41) is 21.5. The molecular formula is C22H20N2OS. The maximum Gasteiger partial charge on any atom is 0.134 e. The van der Waals surface area contributed by atoms with Crippen LogP contribution in [0.5, 0.6) is 5.75 Å². The molecule has 130 valence electrons. The lowest BCUT2D eigenvalue weighted by Crippen LogP contribution is -1.86. The fourth-order valence-corrected chi connectivity index (χ4v) is 3.43. The van der Waals surface area contributed by atoms with Crippen molar-refractivity contribution in [1.82, 2.24) is 4.98 Å². The maximum absolute atomic E-state index is 9.49. The van der Waals surface area contributed by atoms with E-state index >= 15 is 0 Å². The van der Waals surface area contributed by atoms with E-state index < -0.39 is 0 Å². The highest BCUT2D eigenvalue weighted by molar-refractivity contribution is 7.11. The van der Waals surface area contributed by atoms with Crippen LogP contribution in [-0.2, 0) is 6.42 Å². The van der Waals surface area contributed by atoms with E-state index in [9.17, 15) is 10.4 Å². The number of rotatable bonds is 6. The van der Waals surface area contributed by atoms with E-state index in [0.717, 1.165) is 23.2 Å². The summed E-state index contributed by atoms with van der Waals surface area (Å²) in [7, 11) is 0. The Bertz CT molecular complexity index is 932. The molecule has 0 radical (unpaired) electrons. The summed E-state index contributed by atoms with van der Waals surface area (Å²) in [6, 6.07) is 17.5. The lowest BCUT2D eigenvalue weighted by atomic mass is 10.1. The number of unbranched alkanes of at least 4 members (excludes halogenated alkanes) is 1. The van der Waals surface area contributed by atoms with Crippen LogP contribution in [0.2, 0.25) is 0 Å². The zero-order valence-electron chi connectivity index (χ0n) is 14.6. The fourth-order valence-electron chi connectivity index (χ4n) is 2.63. The van der Waals surface area contributed by atoms with E-state index in [-0.39, 0.29) is 5.75 Å². The Hall–Kier alpha value is -2.90. The number of phenols is 1. The molecule has 3 aromatic rings. The van der Waals surface area contributed by atoms with Gasteiger partial charge >= 0.3 is 0 Å². The van der Waals surface area contributed by atoms with E-state index in [2.05, 4.69) is 42.2 Å². The zero-order chi connectivity index (χ0) is 18.4. The van der Waals surface area contributed by atoms with Gasteiger partial charge in [-0.05, 0) is 42.2 Å². The Balaban J connectivity index is 1.81. The van der Waals surface area contributed by atoms with Gasteiger partial charge in [-0.25, -0.2) is 4.98 Å². The third-order valence-electron chi connectivity index (χ3n) is 4.13. The summed E-state index contributed by atoms with van der Waals surface area (Å²) >= 11 is 1.47. The Morgan fingerprint density at radius 1 is 1.15 bits per heavy atom. The van der Waals surface area contributed by atoms with E-state index in [1.54, 1.807) is 30.3 Å². The lowest BCUT2D eigenvalue weighted by molar-refractivity contribution is 0.475. The molecule has 0 saturated carbocycles. The van der Waals surface area contributed by atoms with Crippen LogP contribution in [0, 0.1) is 11.3 Å². The molecule has 0 amide bonds. The molecule has 4 heteroatoms. The normalized spacial score (nSPS) is 11.3. The number of hydrogen-bond acceptors (Lipinski definition) is 4. The minimum absolute atomic E-state index is 0.208. The molecule has 26 heavy (non-hydrogen) atoms. The van der Waals surface area contributed by atoms with Crippen molar-refractivity contribution in [3.05, 3.63) is 70.0 Å². The highest BCUT2D eigenvalue weighted by atomic mass is 32.1. The maximum atomic E-state index is 9.49. The average molecular weight is 360 g/mol. The first-order valence-corrected chi connectivity index (χ1v) is 9.53. The van der Waals surface area contributed by atoms with Crippen LogP contribution >= 0.6 is 11.3 Å². The molecular weight excluding hydrogens is 340 g/mol. The van der Waals surface area contributed by atoms with E-state index in [1.807, 2.05) is 5.38 Å². The van der Waals surface area contributed by atoms with Gasteiger partial charge in [-0.3, -0.25) is 0 Å². The second kappa shape index (κ2) is 8.46. The number of nitriles is 1. The van der Waals surface area contributed by atoms with Gasteiger partial charge in [-0.2, -0.15) is 5.26 Å². The average Bonchev–Trinajstić information content (AvgIpc) is 3.16. The number of hydrogen-bond donors (Lipinski definition) is 1. The first-order valence-electron chi connectivity index (χ1n) is 8.65. The minimum Gasteiger partial charge on any atom is -0.508 e. The highest BCUT2D eigenvalue weighted by Crippen LogP contribution is 2.27. The van der Waals surface area contributed by atoms with Crippen LogP contribution in [0.3, 0.4) is 0 Å². The van der Waals surface area contributed by atoms with Crippen LogP contribution in [0.4, 0.5) is 0 Å². The number of thiazole rings is 1. The van der Waals surface area contributed by atoms with Gasteiger partial charge in [-0.15, -0.1) is 11.3 Å². The predicted molar refractivity (Wildman–Crippen MR) is 108 cm³/mol. The number of aromatic hydroxyl groups is 1. The molecule has 3 nitrogen and oxygen atoms in total. The number of aromatic nitrogens is 1. The van der Waals surface area contributed by atoms with Crippen LogP contribution < -0.4 is 0 Å². The number of phenolic OH excluding ortho intramolecular Hbond substituents is 1. The summed E-state index contributed by atoms with van der Waals surface area (Å²) in [5.41, 5.74) is 4.67. The van der Waals surface area contributed by atoms with Gasteiger partial charge in [0.1, 0.15) is 16.8 Å². The van der Waals surface area contributed by atoms with Crippen LogP contribution in [0.25, 0.3) is 22.9 Å². The molecule has 0 aliphatic carbocycles. The van der Waals surface area contributed by atoms with E-state index in [0.29, 0.717) is 10.6 Å². The summed E-state index contributed by atoms with van der Waals surface area (Å²) in [4.78, 5) is 4.64. The molecule has 0 saturated heterocycles. The van der Waals surface area contributed by atoms with Gasteiger partial charge < -0.3 is 5.11 Å². The molecule has 0 unspecified atom stereocenters. The lowest BCUT2D eigenvalue weighted by Gasteiger charge is -2.01. The molecule has 0 spiro atoms. The molecule has 3 rings (SSSR count). The minimum atomic E-state index is 0.208. The first-order chi connectivity index (χ1) is 12.7. The quantitative estimate of drug-likeness (QED) is 0.555. The monoisotopic (exact) mass is 360 g/mol. The van der Waals surface area contributed by atoms with Crippen molar-refractivity contribution >= 4 is 23.0 Å². The highest BCUT2D eigenvalue weighted by Gasteiger charge is 2.09. The number of benzene rings is 2. The van der Waals surface area contributed by atoms with Crippen molar-refractivity contribution in [2.45, 2.75) is 26.2 Å². The van der Waals surface area contributed by atoms with Crippen molar-refractivity contribution in [3.8, 4) is 23.1 Å². The standard InChI is InChI=1S/C22H20N2OS/c1-2-3-4-16-5-9-18(10-6-16)21-15-26-22(24-21)19(14-23)13-17-7-11-20(25)12-8-17/h5-13,15,25H,2-4H2,1H3. The van der Waals surface area contributed by atoms with Crippen LogP contribution in [-0.4, -0.2) is 10.1 Å². The molecule has 0 bridgehead atoms. The Kier molecular flexibility index (Phi) is 5.83. The van der Waals surface area contributed by atoms with Gasteiger partial charge in [0.25, 0.3) is 0 Å². The fraction of sp³-hybridized carbons (Fsp3) is 0.182.